The zero-order valence-electron chi connectivity index (χ0n) is 16.7. The monoisotopic (exact) mass is 357 g/mol. The Hall–Kier alpha value is -1.56. The average molecular weight is 357 g/mol. The molecule has 1 N–H and O–H groups in total. The number of hydrogen-bond acceptors (Lipinski definition) is 5. The zero-order chi connectivity index (χ0) is 19.6. The van der Waals surface area contributed by atoms with Crippen molar-refractivity contribution in [1.82, 2.24) is 4.90 Å². The predicted molar refractivity (Wildman–Crippen MR) is 98.0 cm³/mol. The van der Waals surface area contributed by atoms with Gasteiger partial charge in [0.05, 0.1) is 18.5 Å². The first-order valence-corrected chi connectivity index (χ1v) is 9.06. The van der Waals surface area contributed by atoms with Crippen molar-refractivity contribution in [3.8, 4) is 0 Å². The quantitative estimate of drug-likeness (QED) is 0.474. The number of carbonyl (C=O) groups excluding carboxylic acids is 2. The molecule has 0 saturated heterocycles. The van der Waals surface area contributed by atoms with Crippen LogP contribution < -0.4 is 0 Å². The molecular weight excluding hydrogens is 322 g/mol. The van der Waals surface area contributed by atoms with E-state index in [1.54, 1.807) is 24.8 Å². The smallest absolute Gasteiger partial charge is 0.415 e. The summed E-state index contributed by atoms with van der Waals surface area (Å²) in [5.41, 5.74) is -0.995. The minimum atomic E-state index is -0.995. The van der Waals surface area contributed by atoms with E-state index in [0.29, 0.717) is 19.4 Å². The number of rotatable bonds is 10. The molecule has 146 valence electrons. The van der Waals surface area contributed by atoms with Crippen molar-refractivity contribution in [3.05, 3.63) is 12.3 Å². The molecule has 25 heavy (non-hydrogen) atoms. The molecule has 0 radical (unpaired) electrons. The Morgan fingerprint density at radius 2 is 1.72 bits per heavy atom. The van der Waals surface area contributed by atoms with Gasteiger partial charge in [-0.15, -0.1) is 0 Å². The number of nitrogens with zero attached hydrogens (tertiary/aromatic N) is 1. The molecule has 1 amide bonds. The molecule has 0 bridgehead atoms. The molecule has 0 aromatic heterocycles. The molecule has 0 aromatic rings. The van der Waals surface area contributed by atoms with E-state index in [1.807, 2.05) is 34.6 Å². The zero-order valence-corrected chi connectivity index (χ0v) is 16.7. The highest BCUT2D eigenvalue weighted by Gasteiger charge is 2.27. The van der Waals surface area contributed by atoms with E-state index in [9.17, 15) is 14.7 Å². The molecule has 2 atom stereocenters. The van der Waals surface area contributed by atoms with Crippen LogP contribution in [0, 0.1) is 5.92 Å². The summed E-state index contributed by atoms with van der Waals surface area (Å²) in [4.78, 5) is 25.1. The van der Waals surface area contributed by atoms with E-state index >= 15 is 0 Å². The third kappa shape index (κ3) is 8.91. The summed E-state index contributed by atoms with van der Waals surface area (Å²) in [5, 5.41) is 10.5. The molecular formula is C19H35NO5. The second-order valence-corrected chi connectivity index (χ2v) is 7.11. The van der Waals surface area contributed by atoms with Crippen molar-refractivity contribution in [2.24, 2.45) is 5.92 Å². The summed E-state index contributed by atoms with van der Waals surface area (Å²) in [7, 11) is 0. The van der Waals surface area contributed by atoms with Crippen molar-refractivity contribution in [2.75, 3.05) is 6.61 Å². The number of esters is 1. The molecule has 0 fully saturated rings. The Bertz CT molecular complexity index is 435. The summed E-state index contributed by atoms with van der Waals surface area (Å²) in [6.07, 6.45) is 3.88. The number of aliphatic hydroxyl groups is 1. The third-order valence-electron chi connectivity index (χ3n) is 4.21. The first-order chi connectivity index (χ1) is 11.5. The first kappa shape index (κ1) is 23.4. The van der Waals surface area contributed by atoms with Gasteiger partial charge < -0.3 is 19.5 Å². The SMILES string of the molecule is CCOC(=O)CCC[C@@](C)(O)[C@@H](C)/C=C\OC(=O)N(C(C)C)C(C)C. The molecule has 0 unspecified atom stereocenters. The van der Waals surface area contributed by atoms with Crippen LogP contribution in [-0.4, -0.2) is 46.4 Å². The van der Waals surface area contributed by atoms with Crippen LogP contribution in [0.4, 0.5) is 4.79 Å². The van der Waals surface area contributed by atoms with Crippen molar-refractivity contribution < 1.29 is 24.2 Å². The van der Waals surface area contributed by atoms with Gasteiger partial charge in [-0.2, -0.15) is 0 Å². The minimum absolute atomic E-state index is 0.0457. The normalized spacial score (nSPS) is 15.3. The summed E-state index contributed by atoms with van der Waals surface area (Å²) < 4.78 is 10.1. The maximum absolute atomic E-state index is 12.1. The van der Waals surface area contributed by atoms with Gasteiger partial charge in [-0.05, 0) is 60.5 Å². The fourth-order valence-corrected chi connectivity index (χ4v) is 2.55. The van der Waals surface area contributed by atoms with Crippen LogP contribution in [-0.2, 0) is 14.3 Å². The van der Waals surface area contributed by atoms with E-state index in [-0.39, 0.29) is 30.4 Å². The maximum Gasteiger partial charge on any atom is 0.415 e. The first-order valence-electron chi connectivity index (χ1n) is 9.06. The minimum Gasteiger partial charge on any atom is -0.466 e. The lowest BCUT2D eigenvalue weighted by Crippen LogP contribution is -2.41. The van der Waals surface area contributed by atoms with E-state index in [4.69, 9.17) is 9.47 Å². The topological polar surface area (TPSA) is 76.1 Å². The predicted octanol–water partition coefficient (Wildman–Crippen LogP) is 3.88. The molecule has 0 saturated carbocycles. The Labute approximate surface area is 152 Å². The lowest BCUT2D eigenvalue weighted by Gasteiger charge is -2.29. The van der Waals surface area contributed by atoms with Gasteiger partial charge >= 0.3 is 12.1 Å². The second-order valence-electron chi connectivity index (χ2n) is 7.11. The standard InChI is InChI=1S/C19H35NO5/c1-8-24-17(21)10-9-12-19(7,23)16(6)11-13-25-18(22)20(14(2)3)15(4)5/h11,13-16,23H,8-10,12H2,1-7H3/b13-11-/t16-,19+/m0/s1. The highest BCUT2D eigenvalue weighted by atomic mass is 16.5. The van der Waals surface area contributed by atoms with Gasteiger partial charge in [-0.25, -0.2) is 4.79 Å². The molecule has 0 aliphatic carbocycles. The van der Waals surface area contributed by atoms with Crippen LogP contribution in [0.15, 0.2) is 12.3 Å². The molecule has 0 aliphatic heterocycles. The van der Waals surface area contributed by atoms with Crippen molar-refractivity contribution >= 4 is 12.1 Å². The maximum atomic E-state index is 12.1. The van der Waals surface area contributed by atoms with Gasteiger partial charge in [0.2, 0.25) is 0 Å². The fourth-order valence-electron chi connectivity index (χ4n) is 2.55. The molecule has 6 nitrogen and oxygen atoms in total. The molecule has 0 aliphatic rings. The number of ether oxygens (including phenoxy) is 2. The summed E-state index contributed by atoms with van der Waals surface area (Å²) in [6, 6.07) is 0.0913. The van der Waals surface area contributed by atoms with E-state index in [2.05, 4.69) is 0 Å². The third-order valence-corrected chi connectivity index (χ3v) is 4.21. The number of amides is 1. The highest BCUT2D eigenvalue weighted by molar-refractivity contribution is 5.69. The van der Waals surface area contributed by atoms with E-state index in [1.165, 1.54) is 6.26 Å². The van der Waals surface area contributed by atoms with E-state index < -0.39 is 11.7 Å². The molecule has 0 spiro atoms. The lowest BCUT2D eigenvalue weighted by molar-refractivity contribution is -0.143. The Morgan fingerprint density at radius 1 is 1.16 bits per heavy atom. The fraction of sp³-hybridized carbons (Fsp3) is 0.789. The molecule has 0 rings (SSSR count). The van der Waals surface area contributed by atoms with Crippen LogP contribution in [0.25, 0.3) is 0 Å². The molecule has 0 aromatic carbocycles. The highest BCUT2D eigenvalue weighted by Crippen LogP contribution is 2.24. The van der Waals surface area contributed by atoms with E-state index in [0.717, 1.165) is 0 Å². The van der Waals surface area contributed by atoms with Crippen LogP contribution in [0.5, 0.6) is 0 Å². The van der Waals surface area contributed by atoms with Gasteiger partial charge in [0, 0.05) is 24.4 Å². The Kier molecular flexibility index (Phi) is 10.4. The van der Waals surface area contributed by atoms with Crippen molar-refractivity contribution in [3.63, 3.8) is 0 Å². The summed E-state index contributed by atoms with van der Waals surface area (Å²) in [6.45, 7) is 13.4. The number of carbonyl (C=O) groups is 2. The van der Waals surface area contributed by atoms with Gasteiger partial charge in [0.1, 0.15) is 0 Å². The second kappa shape index (κ2) is 11.1. The van der Waals surface area contributed by atoms with Crippen molar-refractivity contribution in [1.29, 1.82) is 0 Å². The van der Waals surface area contributed by atoms with Gasteiger partial charge in [-0.1, -0.05) is 6.92 Å². The summed E-state index contributed by atoms with van der Waals surface area (Å²) in [5.74, 6) is -0.480. The Balaban J connectivity index is 4.49. The van der Waals surface area contributed by atoms with Crippen LogP contribution in [0.2, 0.25) is 0 Å². The van der Waals surface area contributed by atoms with Crippen molar-refractivity contribution in [2.45, 2.75) is 85.4 Å². The van der Waals surface area contributed by atoms with Crippen LogP contribution in [0.3, 0.4) is 0 Å². The average Bonchev–Trinajstić information content (AvgIpc) is 2.46. The Morgan fingerprint density at radius 3 is 2.20 bits per heavy atom. The largest absolute Gasteiger partial charge is 0.466 e. The van der Waals surface area contributed by atoms with Gasteiger partial charge in [-0.3, -0.25) is 4.79 Å². The van der Waals surface area contributed by atoms with Gasteiger partial charge in [0.25, 0.3) is 0 Å². The van der Waals surface area contributed by atoms with Crippen LogP contribution >= 0.6 is 0 Å². The van der Waals surface area contributed by atoms with Crippen LogP contribution in [0.1, 0.15) is 67.7 Å². The molecule has 6 heteroatoms. The van der Waals surface area contributed by atoms with Gasteiger partial charge in [0.15, 0.2) is 0 Å². The summed E-state index contributed by atoms with van der Waals surface area (Å²) >= 11 is 0. The molecule has 0 heterocycles. The lowest BCUT2D eigenvalue weighted by atomic mass is 9.86. The number of hydrogen-bond donors (Lipinski definition) is 1.